The van der Waals surface area contributed by atoms with Crippen LogP contribution in [-0.4, -0.2) is 42.6 Å². The van der Waals surface area contributed by atoms with Crippen LogP contribution < -0.4 is 10.6 Å². The Hall–Kier alpha value is -3.78. The second kappa shape index (κ2) is 9.38. The lowest BCUT2D eigenvalue weighted by molar-refractivity contribution is -0.144. The van der Waals surface area contributed by atoms with Crippen LogP contribution in [0.15, 0.2) is 30.9 Å². The van der Waals surface area contributed by atoms with Crippen molar-refractivity contribution in [3.05, 3.63) is 53.5 Å². The molecule has 0 fully saturated rings. The van der Waals surface area contributed by atoms with Gasteiger partial charge in [-0.1, -0.05) is 0 Å². The maximum absolute atomic E-state index is 12.7. The average Bonchev–Trinajstić information content (AvgIpc) is 3.15. The van der Waals surface area contributed by atoms with E-state index < -0.39 is 48.4 Å². The molecule has 2 N–H and O–H groups in total. The van der Waals surface area contributed by atoms with Crippen molar-refractivity contribution in [1.29, 1.82) is 0 Å². The summed E-state index contributed by atoms with van der Waals surface area (Å²) in [5.41, 5.74) is -0.703. The first-order chi connectivity index (χ1) is 15.4. The first-order valence-corrected chi connectivity index (χ1v) is 9.25. The summed E-state index contributed by atoms with van der Waals surface area (Å²) in [6.07, 6.45) is -6.86. The van der Waals surface area contributed by atoms with Crippen LogP contribution >= 0.6 is 0 Å². The average molecular weight is 475 g/mol. The summed E-state index contributed by atoms with van der Waals surface area (Å²) in [5.74, 6) is -1.66. The summed E-state index contributed by atoms with van der Waals surface area (Å²) in [5, 5.41) is 8.78. The Bertz CT molecular complexity index is 1160. The van der Waals surface area contributed by atoms with Gasteiger partial charge in [-0.2, -0.15) is 31.4 Å². The third kappa shape index (κ3) is 6.85. The Balaban J connectivity index is 1.58. The quantitative estimate of drug-likeness (QED) is 0.508. The predicted octanol–water partition coefficient (Wildman–Crippen LogP) is 2.43. The number of imidazole rings is 1. The van der Waals surface area contributed by atoms with E-state index in [1.54, 1.807) is 0 Å². The highest BCUT2D eigenvalue weighted by Crippen LogP contribution is 2.26. The fourth-order valence-corrected chi connectivity index (χ4v) is 2.56. The molecule has 2 amide bonds. The van der Waals surface area contributed by atoms with Gasteiger partial charge < -0.3 is 10.6 Å². The minimum absolute atomic E-state index is 0.0622. The van der Waals surface area contributed by atoms with E-state index in [0.717, 1.165) is 6.20 Å². The Morgan fingerprint density at radius 2 is 1.73 bits per heavy atom. The molecule has 15 heteroatoms. The van der Waals surface area contributed by atoms with Gasteiger partial charge in [-0.15, -0.1) is 0 Å². The van der Waals surface area contributed by atoms with E-state index in [1.165, 1.54) is 23.0 Å². The van der Waals surface area contributed by atoms with Gasteiger partial charge in [0.05, 0.1) is 43.4 Å². The molecule has 0 aliphatic rings. The Morgan fingerprint density at radius 1 is 0.970 bits per heavy atom. The van der Waals surface area contributed by atoms with Gasteiger partial charge in [0.1, 0.15) is 5.69 Å². The Morgan fingerprint density at radius 3 is 2.42 bits per heavy atom. The smallest absolute Gasteiger partial charge is 0.352 e. The molecule has 0 spiro atoms. The summed E-state index contributed by atoms with van der Waals surface area (Å²) in [7, 11) is 0. The van der Waals surface area contributed by atoms with Crippen molar-refractivity contribution >= 4 is 17.5 Å². The number of hydrogen-bond donors (Lipinski definition) is 2. The summed E-state index contributed by atoms with van der Waals surface area (Å²) >= 11 is 0. The zero-order valence-corrected chi connectivity index (χ0v) is 16.5. The Kier molecular flexibility index (Phi) is 6.78. The third-order valence-corrected chi connectivity index (χ3v) is 4.14. The van der Waals surface area contributed by atoms with Gasteiger partial charge in [-0.05, 0) is 11.6 Å². The molecule has 0 bridgehead atoms. The van der Waals surface area contributed by atoms with Crippen molar-refractivity contribution in [3.63, 3.8) is 0 Å². The van der Waals surface area contributed by atoms with Crippen LogP contribution in [0.5, 0.6) is 0 Å². The van der Waals surface area contributed by atoms with Crippen LogP contribution in [0, 0.1) is 0 Å². The SMILES string of the molecule is O=C(CCC(F)(F)F)NCc1cnn2cc(CNC(=O)c3cncc(C(F)(F)F)n3)nc2c1. The van der Waals surface area contributed by atoms with Crippen LogP contribution in [0.4, 0.5) is 26.3 Å². The standard InChI is InChI=1S/C18H15F6N7O2/c19-17(20,21)2-1-15(32)26-4-10-3-14-29-11(9-31(14)28-5-10)6-27-16(33)12-7-25-8-13(30-12)18(22,23)24/h3,5,7-9H,1-2,4,6H2,(H,26,32)(H,27,33). The van der Waals surface area contributed by atoms with Crippen molar-refractivity contribution in [1.82, 2.24) is 35.2 Å². The molecule has 0 aliphatic carbocycles. The predicted molar refractivity (Wildman–Crippen MR) is 98.3 cm³/mol. The number of carbonyl (C=O) groups excluding carboxylic acids is 2. The van der Waals surface area contributed by atoms with Gasteiger partial charge in [-0.3, -0.25) is 14.6 Å². The van der Waals surface area contributed by atoms with Crippen LogP contribution in [0.2, 0.25) is 0 Å². The molecule has 3 aromatic heterocycles. The van der Waals surface area contributed by atoms with Gasteiger partial charge in [0.25, 0.3) is 5.91 Å². The minimum Gasteiger partial charge on any atom is -0.352 e. The van der Waals surface area contributed by atoms with Gasteiger partial charge in [0, 0.05) is 13.0 Å². The van der Waals surface area contributed by atoms with E-state index in [0.29, 0.717) is 23.1 Å². The molecule has 0 atom stereocenters. The number of hydrogen-bond acceptors (Lipinski definition) is 6. The molecular weight excluding hydrogens is 460 g/mol. The first-order valence-electron chi connectivity index (χ1n) is 9.25. The number of halogens is 6. The maximum atomic E-state index is 12.7. The normalized spacial score (nSPS) is 12.1. The molecule has 0 aromatic carbocycles. The molecule has 176 valence electrons. The highest BCUT2D eigenvalue weighted by molar-refractivity contribution is 5.91. The molecular formula is C18H15F6N7O2. The number of aromatic nitrogens is 5. The number of nitrogens with zero attached hydrogens (tertiary/aromatic N) is 5. The lowest BCUT2D eigenvalue weighted by Crippen LogP contribution is -2.25. The van der Waals surface area contributed by atoms with E-state index in [4.69, 9.17) is 0 Å². The van der Waals surface area contributed by atoms with Gasteiger partial charge in [-0.25, -0.2) is 14.5 Å². The molecule has 0 saturated heterocycles. The van der Waals surface area contributed by atoms with E-state index in [2.05, 4.69) is 30.7 Å². The van der Waals surface area contributed by atoms with Gasteiger partial charge in [0.15, 0.2) is 11.3 Å². The van der Waals surface area contributed by atoms with Crippen molar-refractivity contribution in [2.24, 2.45) is 0 Å². The molecule has 0 radical (unpaired) electrons. The number of carbonyl (C=O) groups is 2. The van der Waals surface area contributed by atoms with Crippen molar-refractivity contribution in [2.45, 2.75) is 38.3 Å². The second-order valence-electron chi connectivity index (χ2n) is 6.76. The zero-order valence-electron chi connectivity index (χ0n) is 16.5. The number of amides is 2. The van der Waals surface area contributed by atoms with E-state index in [-0.39, 0.29) is 13.1 Å². The van der Waals surface area contributed by atoms with Crippen LogP contribution in [-0.2, 0) is 24.1 Å². The molecule has 0 saturated carbocycles. The molecule has 0 aliphatic heterocycles. The van der Waals surface area contributed by atoms with E-state index in [9.17, 15) is 35.9 Å². The highest BCUT2D eigenvalue weighted by atomic mass is 19.4. The zero-order chi connectivity index (χ0) is 24.2. The minimum atomic E-state index is -4.74. The largest absolute Gasteiger partial charge is 0.434 e. The first kappa shape index (κ1) is 23.9. The van der Waals surface area contributed by atoms with Crippen LogP contribution in [0.3, 0.4) is 0 Å². The van der Waals surface area contributed by atoms with Crippen molar-refractivity contribution in [2.75, 3.05) is 0 Å². The molecule has 0 unspecified atom stereocenters. The topological polar surface area (TPSA) is 114 Å². The fraction of sp³-hybridized carbons (Fsp3) is 0.333. The van der Waals surface area contributed by atoms with Crippen LogP contribution in [0.25, 0.3) is 5.65 Å². The fourth-order valence-electron chi connectivity index (χ4n) is 2.56. The van der Waals surface area contributed by atoms with E-state index >= 15 is 0 Å². The number of fused-ring (bicyclic) bond motifs is 1. The molecule has 3 rings (SSSR count). The summed E-state index contributed by atoms with van der Waals surface area (Å²) in [6, 6.07) is 1.53. The number of rotatable bonds is 7. The lowest BCUT2D eigenvalue weighted by Gasteiger charge is -2.07. The monoisotopic (exact) mass is 475 g/mol. The van der Waals surface area contributed by atoms with E-state index in [1.807, 2.05) is 0 Å². The van der Waals surface area contributed by atoms with Crippen molar-refractivity contribution in [3.8, 4) is 0 Å². The molecule has 33 heavy (non-hydrogen) atoms. The molecule has 3 aromatic rings. The summed E-state index contributed by atoms with van der Waals surface area (Å²) < 4.78 is 75.9. The van der Waals surface area contributed by atoms with Gasteiger partial charge >= 0.3 is 12.4 Å². The Labute approximate surface area is 181 Å². The third-order valence-electron chi connectivity index (χ3n) is 4.14. The van der Waals surface area contributed by atoms with Crippen molar-refractivity contribution < 1.29 is 35.9 Å². The van der Waals surface area contributed by atoms with Crippen LogP contribution in [0.1, 0.15) is 40.3 Å². The molecule has 3 heterocycles. The number of alkyl halides is 6. The second-order valence-corrected chi connectivity index (χ2v) is 6.76. The maximum Gasteiger partial charge on any atom is 0.434 e. The molecule has 9 nitrogen and oxygen atoms in total. The van der Waals surface area contributed by atoms with Gasteiger partial charge in [0.2, 0.25) is 5.91 Å². The summed E-state index contributed by atoms with van der Waals surface area (Å²) in [6.45, 7) is -0.211. The highest BCUT2D eigenvalue weighted by Gasteiger charge is 2.33. The summed E-state index contributed by atoms with van der Waals surface area (Å²) in [4.78, 5) is 34.4. The lowest BCUT2D eigenvalue weighted by atomic mass is 10.2. The number of nitrogens with one attached hydrogen (secondary N) is 2.